The summed E-state index contributed by atoms with van der Waals surface area (Å²) in [5.74, 6) is 0. The maximum Gasteiger partial charge on any atom is 0.243 e. The van der Waals surface area contributed by atoms with Crippen molar-refractivity contribution in [3.05, 3.63) is 6.92 Å². The van der Waals surface area contributed by atoms with Crippen molar-refractivity contribution in [2.24, 2.45) is 5.41 Å². The monoisotopic (exact) mass is 107 g/mol. The minimum absolute atomic E-state index is 1.08. The minimum atomic E-state index is -2.31. The van der Waals surface area contributed by atoms with Gasteiger partial charge in [-0.1, -0.05) is 13.8 Å². The Bertz CT molecular complexity index is 51.6. The van der Waals surface area contributed by atoms with Crippen molar-refractivity contribution in [2.45, 2.75) is 20.3 Å². The highest BCUT2D eigenvalue weighted by atomic mass is 19.3. The van der Waals surface area contributed by atoms with Crippen molar-refractivity contribution in [1.82, 2.24) is 0 Å². The van der Waals surface area contributed by atoms with Crippen LogP contribution < -0.4 is 0 Å². The van der Waals surface area contributed by atoms with Crippen LogP contribution >= 0.6 is 0 Å². The smallest absolute Gasteiger partial charge is 0.210 e. The summed E-state index contributed by atoms with van der Waals surface area (Å²) in [5.41, 5.74) is -1.08. The van der Waals surface area contributed by atoms with E-state index in [9.17, 15) is 8.78 Å². The highest BCUT2D eigenvalue weighted by molar-refractivity contribution is 4.72. The van der Waals surface area contributed by atoms with Gasteiger partial charge in [-0.3, -0.25) is 0 Å². The fraction of sp³-hybridized carbons (Fsp3) is 0.800. The molecule has 0 saturated carbocycles. The lowest BCUT2D eigenvalue weighted by molar-refractivity contribution is 0.0492. The molecule has 0 amide bonds. The molecule has 0 bridgehead atoms. The van der Waals surface area contributed by atoms with Gasteiger partial charge in [0.1, 0.15) is 0 Å². The van der Waals surface area contributed by atoms with Gasteiger partial charge in [0.25, 0.3) is 0 Å². The van der Waals surface area contributed by atoms with Crippen LogP contribution in [0.5, 0.6) is 0 Å². The molecule has 0 nitrogen and oxygen atoms in total. The van der Waals surface area contributed by atoms with Gasteiger partial charge in [-0.05, 0) is 6.92 Å². The maximum atomic E-state index is 11.5. The van der Waals surface area contributed by atoms with Gasteiger partial charge in [-0.25, -0.2) is 8.78 Å². The molecule has 0 aromatic carbocycles. The predicted molar refractivity (Wildman–Crippen MR) is 25.1 cm³/mol. The summed E-state index contributed by atoms with van der Waals surface area (Å²) in [4.78, 5) is 0. The molecule has 1 radical (unpaired) electrons. The standard InChI is InChI=1S/C5H9F2/c1-5(2,3)4(6)7/h4H,1H2,2-3H3. The molecule has 0 saturated heterocycles. The second-order valence-electron chi connectivity index (χ2n) is 2.29. The zero-order valence-electron chi connectivity index (χ0n) is 4.54. The van der Waals surface area contributed by atoms with E-state index in [0.29, 0.717) is 0 Å². The van der Waals surface area contributed by atoms with E-state index in [0.717, 1.165) is 0 Å². The molecule has 0 aliphatic carbocycles. The van der Waals surface area contributed by atoms with E-state index in [4.69, 9.17) is 0 Å². The molecule has 0 aromatic heterocycles. The number of halogens is 2. The quantitative estimate of drug-likeness (QED) is 0.481. The summed E-state index contributed by atoms with van der Waals surface area (Å²) in [5, 5.41) is 0. The van der Waals surface area contributed by atoms with E-state index in [-0.39, 0.29) is 0 Å². The zero-order chi connectivity index (χ0) is 6.08. The SMILES string of the molecule is [CH2]C(C)(C)C(F)F. The first kappa shape index (κ1) is 6.86. The Morgan fingerprint density at radius 2 is 1.57 bits per heavy atom. The molecule has 0 aliphatic heterocycles. The highest BCUT2D eigenvalue weighted by Crippen LogP contribution is 2.21. The Kier molecular flexibility index (Phi) is 1.73. The van der Waals surface area contributed by atoms with Gasteiger partial charge in [-0.15, -0.1) is 0 Å². The molecule has 7 heavy (non-hydrogen) atoms. The van der Waals surface area contributed by atoms with E-state index < -0.39 is 11.8 Å². The van der Waals surface area contributed by atoms with E-state index in [1.165, 1.54) is 13.8 Å². The van der Waals surface area contributed by atoms with Crippen molar-refractivity contribution < 1.29 is 8.78 Å². The van der Waals surface area contributed by atoms with Crippen LogP contribution in [0.1, 0.15) is 13.8 Å². The number of hydrogen-bond donors (Lipinski definition) is 0. The molecule has 0 spiro atoms. The van der Waals surface area contributed by atoms with Crippen LogP contribution in [0, 0.1) is 12.3 Å². The van der Waals surface area contributed by atoms with E-state index in [2.05, 4.69) is 6.92 Å². The molecular formula is C5H9F2. The van der Waals surface area contributed by atoms with Crippen LogP contribution in [0.4, 0.5) is 8.78 Å². The van der Waals surface area contributed by atoms with Gasteiger partial charge in [0, 0.05) is 5.41 Å². The fourth-order valence-corrected chi connectivity index (χ4v) is 0. The summed E-state index contributed by atoms with van der Waals surface area (Å²) < 4.78 is 23.0. The Morgan fingerprint density at radius 1 is 1.43 bits per heavy atom. The highest BCUT2D eigenvalue weighted by Gasteiger charge is 2.22. The molecule has 0 atom stereocenters. The Balaban J connectivity index is 3.54. The summed E-state index contributed by atoms with van der Waals surface area (Å²) in [6.45, 7) is 6.02. The first-order chi connectivity index (χ1) is 2.94. The first-order valence-corrected chi connectivity index (χ1v) is 2.08. The molecule has 0 aliphatic rings. The topological polar surface area (TPSA) is 0 Å². The van der Waals surface area contributed by atoms with Crippen LogP contribution in [0.3, 0.4) is 0 Å². The summed E-state index contributed by atoms with van der Waals surface area (Å²) in [6, 6.07) is 0. The largest absolute Gasteiger partial charge is 0.243 e. The van der Waals surface area contributed by atoms with Crippen LogP contribution in [0.15, 0.2) is 0 Å². The van der Waals surface area contributed by atoms with Crippen LogP contribution in [0.2, 0.25) is 0 Å². The van der Waals surface area contributed by atoms with E-state index in [1.807, 2.05) is 0 Å². The van der Waals surface area contributed by atoms with Gasteiger partial charge in [-0.2, -0.15) is 0 Å². The molecule has 0 unspecified atom stereocenters. The lowest BCUT2D eigenvalue weighted by Crippen LogP contribution is -2.16. The van der Waals surface area contributed by atoms with Crippen molar-refractivity contribution in [3.8, 4) is 0 Å². The van der Waals surface area contributed by atoms with Gasteiger partial charge in [0.05, 0.1) is 0 Å². The molecule has 43 valence electrons. The van der Waals surface area contributed by atoms with Crippen LogP contribution in [-0.4, -0.2) is 6.43 Å². The van der Waals surface area contributed by atoms with Crippen LogP contribution in [-0.2, 0) is 0 Å². The van der Waals surface area contributed by atoms with E-state index >= 15 is 0 Å². The summed E-state index contributed by atoms with van der Waals surface area (Å²) in [7, 11) is 0. The molecular weight excluding hydrogens is 98.1 g/mol. The number of hydrogen-bond acceptors (Lipinski definition) is 0. The van der Waals surface area contributed by atoms with Crippen molar-refractivity contribution in [3.63, 3.8) is 0 Å². The minimum Gasteiger partial charge on any atom is -0.210 e. The van der Waals surface area contributed by atoms with Gasteiger partial charge in [0.2, 0.25) is 6.43 Å². The third kappa shape index (κ3) is 2.54. The third-order valence-corrected chi connectivity index (χ3v) is 0.591. The lowest BCUT2D eigenvalue weighted by atomic mass is 9.98. The lowest BCUT2D eigenvalue weighted by Gasteiger charge is -2.14. The Morgan fingerprint density at radius 3 is 1.57 bits per heavy atom. The van der Waals surface area contributed by atoms with E-state index in [1.54, 1.807) is 0 Å². The second kappa shape index (κ2) is 1.76. The first-order valence-electron chi connectivity index (χ1n) is 2.08. The summed E-state index contributed by atoms with van der Waals surface area (Å²) in [6.07, 6.45) is -2.31. The van der Waals surface area contributed by atoms with Gasteiger partial charge in [0.15, 0.2) is 0 Å². The molecule has 2 heteroatoms. The normalized spacial score (nSPS) is 12.9. The Hall–Kier alpha value is -0.140. The van der Waals surface area contributed by atoms with Crippen LogP contribution in [0.25, 0.3) is 0 Å². The van der Waals surface area contributed by atoms with Crippen molar-refractivity contribution >= 4 is 0 Å². The average Bonchev–Trinajstić information content (AvgIpc) is 1.31. The average molecular weight is 107 g/mol. The maximum absolute atomic E-state index is 11.5. The fourth-order valence-electron chi connectivity index (χ4n) is 0. The molecule has 0 rings (SSSR count). The second-order valence-corrected chi connectivity index (χ2v) is 2.29. The van der Waals surface area contributed by atoms with Gasteiger partial charge >= 0.3 is 0 Å². The molecule has 0 aromatic rings. The van der Waals surface area contributed by atoms with Gasteiger partial charge < -0.3 is 0 Å². The van der Waals surface area contributed by atoms with Crippen molar-refractivity contribution in [1.29, 1.82) is 0 Å². The summed E-state index contributed by atoms with van der Waals surface area (Å²) >= 11 is 0. The third-order valence-electron chi connectivity index (χ3n) is 0.591. The zero-order valence-corrected chi connectivity index (χ0v) is 4.54. The predicted octanol–water partition coefficient (Wildman–Crippen LogP) is 2.11. The van der Waals surface area contributed by atoms with Crippen molar-refractivity contribution in [2.75, 3.05) is 0 Å². The molecule has 0 N–H and O–H groups in total. The number of alkyl halides is 2. The number of rotatable bonds is 1. The Labute approximate surface area is 42.5 Å². The molecule has 0 heterocycles. The molecule has 0 fully saturated rings.